The first-order valence-electron chi connectivity index (χ1n) is 8.14. The largest absolute Gasteiger partial charge is 0.374 e. The van der Waals surface area contributed by atoms with Gasteiger partial charge in [0, 0.05) is 31.2 Å². The van der Waals surface area contributed by atoms with Crippen LogP contribution in [0.25, 0.3) is 0 Å². The van der Waals surface area contributed by atoms with Gasteiger partial charge in [0.2, 0.25) is 0 Å². The van der Waals surface area contributed by atoms with Crippen LogP contribution < -0.4 is 10.2 Å². The number of hydrogen-bond acceptors (Lipinski definition) is 2. The lowest BCUT2D eigenvalue weighted by atomic mass is 9.73. The Bertz CT molecular complexity index is 408. The third-order valence-corrected chi connectivity index (χ3v) is 4.68. The zero-order valence-electron chi connectivity index (χ0n) is 13.4. The van der Waals surface area contributed by atoms with E-state index in [1.165, 1.54) is 56.4 Å². The summed E-state index contributed by atoms with van der Waals surface area (Å²) in [7, 11) is 2.25. The number of nitrogens with one attached hydrogen (secondary N) is 1. The highest BCUT2D eigenvalue weighted by atomic mass is 15.1. The molecular formula is C18H30N2. The molecule has 0 aromatic heterocycles. The minimum Gasteiger partial charge on any atom is -0.374 e. The predicted octanol–water partition coefficient (Wildman–Crippen LogP) is 3.99. The molecule has 0 bridgehead atoms. The number of benzene rings is 1. The van der Waals surface area contributed by atoms with Crippen molar-refractivity contribution in [3.8, 4) is 0 Å². The Morgan fingerprint density at radius 1 is 1.20 bits per heavy atom. The van der Waals surface area contributed by atoms with Crippen molar-refractivity contribution in [3.63, 3.8) is 0 Å². The van der Waals surface area contributed by atoms with Crippen molar-refractivity contribution in [2.45, 2.75) is 46.0 Å². The smallest absolute Gasteiger partial charge is 0.0366 e. The molecule has 0 saturated heterocycles. The second kappa shape index (κ2) is 7.12. The number of rotatable bonds is 6. The molecule has 1 aromatic rings. The van der Waals surface area contributed by atoms with E-state index in [4.69, 9.17) is 0 Å². The molecule has 112 valence electrons. The summed E-state index contributed by atoms with van der Waals surface area (Å²) < 4.78 is 0. The van der Waals surface area contributed by atoms with Gasteiger partial charge in [0.1, 0.15) is 0 Å². The number of anilines is 1. The Balaban J connectivity index is 2.06. The van der Waals surface area contributed by atoms with Gasteiger partial charge in [-0.25, -0.2) is 0 Å². The lowest BCUT2D eigenvalue weighted by molar-refractivity contribution is 0.190. The minimum atomic E-state index is 0.465. The lowest BCUT2D eigenvalue weighted by Gasteiger charge is -2.41. The van der Waals surface area contributed by atoms with E-state index in [0.29, 0.717) is 5.41 Å². The summed E-state index contributed by atoms with van der Waals surface area (Å²) in [6.07, 6.45) is 6.95. The van der Waals surface area contributed by atoms with E-state index in [1.54, 1.807) is 0 Å². The van der Waals surface area contributed by atoms with Crippen LogP contribution in [0.15, 0.2) is 24.3 Å². The van der Waals surface area contributed by atoms with Gasteiger partial charge in [-0.3, -0.25) is 0 Å². The summed E-state index contributed by atoms with van der Waals surface area (Å²) in [5.41, 5.74) is 3.16. The fourth-order valence-corrected chi connectivity index (χ4v) is 3.54. The maximum atomic E-state index is 3.60. The van der Waals surface area contributed by atoms with Gasteiger partial charge in [0.15, 0.2) is 0 Å². The molecule has 0 unspecified atom stereocenters. The minimum absolute atomic E-state index is 0.465. The molecule has 0 atom stereocenters. The SMILES string of the molecule is CCNCC1(CN(C)c2cccc(C)c2)CCCCC1. The fourth-order valence-electron chi connectivity index (χ4n) is 3.54. The molecule has 1 fully saturated rings. The standard InChI is InChI=1S/C18H30N2/c1-4-19-14-18(11-6-5-7-12-18)15-20(3)17-10-8-9-16(2)13-17/h8-10,13,19H,4-7,11-12,14-15H2,1-3H3. The molecule has 2 rings (SSSR count). The number of aryl methyl sites for hydroxylation is 1. The van der Waals surface area contributed by atoms with Gasteiger partial charge >= 0.3 is 0 Å². The maximum absolute atomic E-state index is 3.60. The molecule has 0 heterocycles. The zero-order valence-corrected chi connectivity index (χ0v) is 13.4. The molecule has 0 aliphatic heterocycles. The zero-order chi connectivity index (χ0) is 14.4. The van der Waals surface area contributed by atoms with E-state index >= 15 is 0 Å². The molecule has 1 aromatic carbocycles. The van der Waals surface area contributed by atoms with Crippen LogP contribution in [0, 0.1) is 12.3 Å². The van der Waals surface area contributed by atoms with E-state index < -0.39 is 0 Å². The second-order valence-electron chi connectivity index (χ2n) is 6.54. The average Bonchev–Trinajstić information content (AvgIpc) is 2.46. The summed E-state index contributed by atoms with van der Waals surface area (Å²) >= 11 is 0. The van der Waals surface area contributed by atoms with Crippen molar-refractivity contribution < 1.29 is 0 Å². The van der Waals surface area contributed by atoms with Crippen molar-refractivity contribution in [2.75, 3.05) is 31.6 Å². The Morgan fingerprint density at radius 2 is 1.95 bits per heavy atom. The van der Waals surface area contributed by atoms with Gasteiger partial charge < -0.3 is 10.2 Å². The monoisotopic (exact) mass is 274 g/mol. The molecular weight excluding hydrogens is 244 g/mol. The first-order valence-corrected chi connectivity index (χ1v) is 8.14. The molecule has 1 aliphatic rings. The van der Waals surface area contributed by atoms with E-state index in [0.717, 1.165) is 6.54 Å². The number of nitrogens with zero attached hydrogens (tertiary/aromatic N) is 1. The molecule has 1 aliphatic carbocycles. The van der Waals surface area contributed by atoms with Gasteiger partial charge in [-0.2, -0.15) is 0 Å². The molecule has 20 heavy (non-hydrogen) atoms. The topological polar surface area (TPSA) is 15.3 Å². The molecule has 1 saturated carbocycles. The van der Waals surface area contributed by atoms with Crippen LogP contribution in [0.3, 0.4) is 0 Å². The van der Waals surface area contributed by atoms with Crippen LogP contribution in [-0.4, -0.2) is 26.7 Å². The van der Waals surface area contributed by atoms with E-state index in [1.807, 2.05) is 0 Å². The van der Waals surface area contributed by atoms with Crippen LogP contribution in [0.4, 0.5) is 5.69 Å². The molecule has 0 amide bonds. The first kappa shape index (κ1) is 15.4. The van der Waals surface area contributed by atoms with Crippen LogP contribution in [0.5, 0.6) is 0 Å². The normalized spacial score (nSPS) is 17.9. The van der Waals surface area contributed by atoms with E-state index in [9.17, 15) is 0 Å². The Morgan fingerprint density at radius 3 is 2.60 bits per heavy atom. The van der Waals surface area contributed by atoms with Crippen LogP contribution in [0.1, 0.15) is 44.6 Å². The summed E-state index contributed by atoms with van der Waals surface area (Å²) in [5.74, 6) is 0. The van der Waals surface area contributed by atoms with Crippen LogP contribution in [0.2, 0.25) is 0 Å². The van der Waals surface area contributed by atoms with Crippen LogP contribution in [-0.2, 0) is 0 Å². The first-order chi connectivity index (χ1) is 9.65. The van der Waals surface area contributed by atoms with Gasteiger partial charge in [-0.1, -0.05) is 38.3 Å². The lowest BCUT2D eigenvalue weighted by Crippen LogP contribution is -2.44. The van der Waals surface area contributed by atoms with Gasteiger partial charge in [-0.05, 0) is 44.0 Å². The molecule has 0 spiro atoms. The van der Waals surface area contributed by atoms with Crippen molar-refractivity contribution >= 4 is 5.69 Å². The maximum Gasteiger partial charge on any atom is 0.0366 e. The average molecular weight is 274 g/mol. The Kier molecular flexibility index (Phi) is 5.47. The summed E-state index contributed by atoms with van der Waals surface area (Å²) in [4.78, 5) is 2.45. The highest BCUT2D eigenvalue weighted by molar-refractivity contribution is 5.47. The molecule has 2 heteroatoms. The summed E-state index contributed by atoms with van der Waals surface area (Å²) in [6, 6.07) is 8.87. The van der Waals surface area contributed by atoms with Crippen molar-refractivity contribution in [3.05, 3.63) is 29.8 Å². The third-order valence-electron chi connectivity index (χ3n) is 4.68. The van der Waals surface area contributed by atoms with E-state index in [2.05, 4.69) is 55.4 Å². The molecule has 2 nitrogen and oxygen atoms in total. The highest BCUT2D eigenvalue weighted by Crippen LogP contribution is 2.37. The quantitative estimate of drug-likeness (QED) is 0.843. The molecule has 0 radical (unpaired) electrons. The van der Waals surface area contributed by atoms with Gasteiger partial charge in [0.05, 0.1) is 0 Å². The second-order valence-corrected chi connectivity index (χ2v) is 6.54. The van der Waals surface area contributed by atoms with Crippen molar-refractivity contribution in [1.29, 1.82) is 0 Å². The van der Waals surface area contributed by atoms with Gasteiger partial charge in [0.25, 0.3) is 0 Å². The van der Waals surface area contributed by atoms with Crippen LogP contribution >= 0.6 is 0 Å². The summed E-state index contributed by atoms with van der Waals surface area (Å²) in [5, 5.41) is 3.60. The predicted molar refractivity (Wildman–Crippen MR) is 88.5 cm³/mol. The fraction of sp³-hybridized carbons (Fsp3) is 0.667. The van der Waals surface area contributed by atoms with Crippen molar-refractivity contribution in [2.24, 2.45) is 5.41 Å². The van der Waals surface area contributed by atoms with Crippen molar-refractivity contribution in [1.82, 2.24) is 5.32 Å². The Hall–Kier alpha value is -1.02. The molecule has 1 N–H and O–H groups in total. The highest BCUT2D eigenvalue weighted by Gasteiger charge is 2.32. The van der Waals surface area contributed by atoms with Gasteiger partial charge in [-0.15, -0.1) is 0 Å². The van der Waals surface area contributed by atoms with E-state index in [-0.39, 0.29) is 0 Å². The number of hydrogen-bond donors (Lipinski definition) is 1. The summed E-state index contributed by atoms with van der Waals surface area (Å²) in [6.45, 7) is 7.80. The Labute approximate surface area is 124 Å². The third kappa shape index (κ3) is 3.99.